The SMILES string of the molecule is Cc1cc(-c2nc(C3CCCCC3)n(N)c2N)ccc1F. The van der Waals surface area contributed by atoms with E-state index >= 15 is 0 Å². The fraction of sp³-hybridized carbons (Fsp3) is 0.438. The topological polar surface area (TPSA) is 69.9 Å². The molecule has 5 heteroatoms. The molecule has 0 atom stereocenters. The molecule has 3 rings (SSSR count). The van der Waals surface area contributed by atoms with Crippen LogP contribution in [0.25, 0.3) is 11.3 Å². The minimum atomic E-state index is -0.225. The number of hydrogen-bond donors (Lipinski definition) is 2. The molecular formula is C16H21FN4. The smallest absolute Gasteiger partial charge is 0.150 e. The van der Waals surface area contributed by atoms with E-state index in [2.05, 4.69) is 4.98 Å². The molecule has 1 aliphatic rings. The Kier molecular flexibility index (Phi) is 3.57. The Morgan fingerprint density at radius 2 is 1.95 bits per heavy atom. The molecule has 2 aromatic rings. The van der Waals surface area contributed by atoms with Crippen molar-refractivity contribution in [2.75, 3.05) is 11.6 Å². The number of nitrogens with zero attached hydrogens (tertiary/aromatic N) is 2. The van der Waals surface area contributed by atoms with Gasteiger partial charge in [0.15, 0.2) is 5.82 Å². The number of benzene rings is 1. The molecule has 1 aromatic heterocycles. The Hall–Kier alpha value is -2.04. The van der Waals surface area contributed by atoms with Crippen molar-refractivity contribution in [3.05, 3.63) is 35.4 Å². The van der Waals surface area contributed by atoms with Gasteiger partial charge in [-0.3, -0.25) is 0 Å². The summed E-state index contributed by atoms with van der Waals surface area (Å²) in [5.41, 5.74) is 8.16. The molecule has 0 amide bonds. The summed E-state index contributed by atoms with van der Waals surface area (Å²) in [5.74, 6) is 7.54. The van der Waals surface area contributed by atoms with Gasteiger partial charge in [-0.15, -0.1) is 0 Å². The molecule has 21 heavy (non-hydrogen) atoms. The summed E-state index contributed by atoms with van der Waals surface area (Å²) in [4.78, 5) is 4.66. The largest absolute Gasteiger partial charge is 0.382 e. The summed E-state index contributed by atoms with van der Waals surface area (Å²) < 4.78 is 14.9. The summed E-state index contributed by atoms with van der Waals surface area (Å²) in [6.07, 6.45) is 5.91. The summed E-state index contributed by atoms with van der Waals surface area (Å²) in [6.45, 7) is 1.73. The van der Waals surface area contributed by atoms with Crippen molar-refractivity contribution in [3.63, 3.8) is 0 Å². The number of aromatic nitrogens is 2. The molecule has 1 saturated carbocycles. The lowest BCUT2D eigenvalue weighted by atomic mass is 9.89. The van der Waals surface area contributed by atoms with Crippen molar-refractivity contribution in [3.8, 4) is 11.3 Å². The zero-order chi connectivity index (χ0) is 15.0. The standard InChI is InChI=1S/C16H21FN4/c1-10-9-12(7-8-13(10)17)14-15(18)21(19)16(20-14)11-5-3-2-4-6-11/h7-9,11H,2-6,18-19H2,1H3. The third kappa shape index (κ3) is 2.48. The van der Waals surface area contributed by atoms with E-state index in [0.717, 1.165) is 24.2 Å². The summed E-state index contributed by atoms with van der Waals surface area (Å²) in [5, 5.41) is 0. The minimum Gasteiger partial charge on any atom is -0.382 e. The number of anilines is 1. The number of nitrogens with two attached hydrogens (primary N) is 2. The summed E-state index contributed by atoms with van der Waals surface area (Å²) in [7, 11) is 0. The quantitative estimate of drug-likeness (QED) is 0.833. The maximum Gasteiger partial charge on any atom is 0.150 e. The zero-order valence-corrected chi connectivity index (χ0v) is 12.3. The van der Waals surface area contributed by atoms with Gasteiger partial charge in [-0.1, -0.05) is 19.3 Å². The second kappa shape index (κ2) is 5.39. The van der Waals surface area contributed by atoms with E-state index in [0.29, 0.717) is 23.0 Å². The van der Waals surface area contributed by atoms with Crippen LogP contribution in [-0.4, -0.2) is 9.66 Å². The molecule has 0 unspecified atom stereocenters. The highest BCUT2D eigenvalue weighted by Crippen LogP contribution is 2.35. The lowest BCUT2D eigenvalue weighted by molar-refractivity contribution is 0.424. The maximum atomic E-state index is 13.4. The van der Waals surface area contributed by atoms with Crippen LogP contribution in [0.4, 0.5) is 10.2 Å². The number of aryl methyl sites for hydroxylation is 1. The molecule has 0 saturated heterocycles. The van der Waals surface area contributed by atoms with Crippen molar-refractivity contribution < 1.29 is 4.39 Å². The van der Waals surface area contributed by atoms with Crippen LogP contribution in [0, 0.1) is 12.7 Å². The maximum absolute atomic E-state index is 13.4. The van der Waals surface area contributed by atoms with E-state index < -0.39 is 0 Å². The van der Waals surface area contributed by atoms with Crippen LogP contribution in [0.1, 0.15) is 49.4 Å². The van der Waals surface area contributed by atoms with Crippen molar-refractivity contribution in [1.82, 2.24) is 9.66 Å². The van der Waals surface area contributed by atoms with Crippen molar-refractivity contribution in [2.24, 2.45) is 0 Å². The molecule has 0 radical (unpaired) electrons. The van der Waals surface area contributed by atoms with Crippen LogP contribution in [0.2, 0.25) is 0 Å². The average Bonchev–Trinajstić information content (AvgIpc) is 2.79. The van der Waals surface area contributed by atoms with E-state index in [1.165, 1.54) is 30.0 Å². The molecule has 1 aromatic carbocycles. The average molecular weight is 288 g/mol. The Bertz CT molecular complexity index is 657. The molecule has 0 bridgehead atoms. The van der Waals surface area contributed by atoms with Crippen molar-refractivity contribution in [1.29, 1.82) is 0 Å². The van der Waals surface area contributed by atoms with Crippen molar-refractivity contribution in [2.45, 2.75) is 44.9 Å². The predicted molar refractivity (Wildman–Crippen MR) is 82.7 cm³/mol. The van der Waals surface area contributed by atoms with E-state index in [1.807, 2.05) is 0 Å². The Labute approximate surface area is 123 Å². The molecule has 1 fully saturated rings. The first-order chi connectivity index (χ1) is 10.1. The van der Waals surface area contributed by atoms with E-state index in [4.69, 9.17) is 11.6 Å². The summed E-state index contributed by atoms with van der Waals surface area (Å²) in [6, 6.07) is 4.91. The molecule has 4 N–H and O–H groups in total. The molecular weight excluding hydrogens is 267 g/mol. The monoisotopic (exact) mass is 288 g/mol. The first-order valence-corrected chi connectivity index (χ1v) is 7.47. The molecule has 0 spiro atoms. The minimum absolute atomic E-state index is 0.225. The Balaban J connectivity index is 2.01. The molecule has 1 heterocycles. The van der Waals surface area contributed by atoms with Gasteiger partial charge in [0.25, 0.3) is 0 Å². The van der Waals surface area contributed by atoms with Crippen LogP contribution in [0.3, 0.4) is 0 Å². The fourth-order valence-electron chi connectivity index (χ4n) is 3.12. The molecule has 4 nitrogen and oxygen atoms in total. The van der Waals surface area contributed by atoms with Gasteiger partial charge in [-0.2, -0.15) is 0 Å². The van der Waals surface area contributed by atoms with Crippen LogP contribution in [0.15, 0.2) is 18.2 Å². The van der Waals surface area contributed by atoms with Crippen LogP contribution in [0.5, 0.6) is 0 Å². The van der Waals surface area contributed by atoms with Gasteiger partial charge in [0.2, 0.25) is 0 Å². The molecule has 1 aliphatic carbocycles. The zero-order valence-electron chi connectivity index (χ0n) is 12.3. The van der Waals surface area contributed by atoms with Gasteiger partial charge in [0, 0.05) is 11.5 Å². The lowest BCUT2D eigenvalue weighted by Gasteiger charge is -2.20. The van der Waals surface area contributed by atoms with Gasteiger partial charge in [-0.05, 0) is 43.5 Å². The number of nitrogen functional groups attached to an aromatic ring is 2. The van der Waals surface area contributed by atoms with Gasteiger partial charge in [-0.25, -0.2) is 14.1 Å². The third-order valence-electron chi connectivity index (χ3n) is 4.38. The Morgan fingerprint density at radius 1 is 1.24 bits per heavy atom. The lowest BCUT2D eigenvalue weighted by Crippen LogP contribution is -2.19. The van der Waals surface area contributed by atoms with Crippen molar-refractivity contribution >= 4 is 5.82 Å². The normalized spacial score (nSPS) is 16.3. The van der Waals surface area contributed by atoms with Gasteiger partial charge < -0.3 is 11.6 Å². The number of rotatable bonds is 2. The van der Waals surface area contributed by atoms with E-state index in [9.17, 15) is 4.39 Å². The molecule has 112 valence electrons. The third-order valence-corrected chi connectivity index (χ3v) is 4.38. The molecule has 0 aliphatic heterocycles. The second-order valence-electron chi connectivity index (χ2n) is 5.87. The van der Waals surface area contributed by atoms with Crippen LogP contribution in [-0.2, 0) is 0 Å². The van der Waals surface area contributed by atoms with E-state index in [1.54, 1.807) is 19.1 Å². The van der Waals surface area contributed by atoms with E-state index in [-0.39, 0.29) is 5.82 Å². The highest BCUT2D eigenvalue weighted by molar-refractivity contribution is 5.71. The Morgan fingerprint density at radius 3 is 2.62 bits per heavy atom. The van der Waals surface area contributed by atoms with Gasteiger partial charge in [0.1, 0.15) is 17.3 Å². The van der Waals surface area contributed by atoms with Gasteiger partial charge in [0.05, 0.1) is 0 Å². The first kappa shape index (κ1) is 13.9. The predicted octanol–water partition coefficient (Wildman–Crippen LogP) is 3.34. The highest BCUT2D eigenvalue weighted by atomic mass is 19.1. The number of hydrogen-bond acceptors (Lipinski definition) is 3. The van der Waals surface area contributed by atoms with Gasteiger partial charge >= 0.3 is 0 Å². The summed E-state index contributed by atoms with van der Waals surface area (Å²) >= 11 is 0. The first-order valence-electron chi connectivity index (χ1n) is 7.47. The van der Waals surface area contributed by atoms with Crippen LogP contribution >= 0.6 is 0 Å². The fourth-order valence-corrected chi connectivity index (χ4v) is 3.12. The number of imidazole rings is 1. The highest BCUT2D eigenvalue weighted by Gasteiger charge is 2.24. The van der Waals surface area contributed by atoms with Crippen LogP contribution < -0.4 is 11.6 Å². The second-order valence-corrected chi connectivity index (χ2v) is 5.87. The number of halogens is 1.